The summed E-state index contributed by atoms with van der Waals surface area (Å²) in [6.45, 7) is 4.72. The maximum Gasteiger partial charge on any atom is 0.330 e. The standard InChI is InChI=1S/C20H28N4O6S/c1-2-30-19(25)8-5-17-3-6-18(7-4-17)21-20(26)22-9-11-23(12-10-22)31(27,28)24-13-15-29-16-14-24/h3-8H,2,9-16H2,1H3,(H,21,26)/b8-5+. The van der Waals surface area contributed by atoms with Crippen molar-refractivity contribution in [2.24, 2.45) is 0 Å². The van der Waals surface area contributed by atoms with Crippen LogP contribution < -0.4 is 5.32 Å². The molecule has 0 unspecified atom stereocenters. The van der Waals surface area contributed by atoms with E-state index in [1.165, 1.54) is 14.7 Å². The van der Waals surface area contributed by atoms with E-state index in [-0.39, 0.29) is 19.1 Å². The molecule has 10 nitrogen and oxygen atoms in total. The van der Waals surface area contributed by atoms with Crippen LogP contribution in [0.1, 0.15) is 12.5 Å². The van der Waals surface area contributed by atoms with Crippen LogP contribution >= 0.6 is 0 Å². The van der Waals surface area contributed by atoms with Crippen LogP contribution in [0.3, 0.4) is 0 Å². The molecule has 170 valence electrons. The molecule has 0 atom stereocenters. The average Bonchev–Trinajstić information content (AvgIpc) is 2.79. The van der Waals surface area contributed by atoms with Gasteiger partial charge in [-0.3, -0.25) is 0 Å². The third-order valence-corrected chi connectivity index (χ3v) is 7.04. The number of nitrogens with one attached hydrogen (secondary N) is 1. The first-order valence-electron chi connectivity index (χ1n) is 10.2. The molecule has 1 aromatic carbocycles. The largest absolute Gasteiger partial charge is 0.463 e. The molecule has 2 heterocycles. The van der Waals surface area contributed by atoms with Gasteiger partial charge in [-0.25, -0.2) is 9.59 Å². The van der Waals surface area contributed by atoms with Gasteiger partial charge in [0.1, 0.15) is 0 Å². The minimum atomic E-state index is -3.52. The Kier molecular flexibility index (Phi) is 8.02. The first-order valence-corrected chi connectivity index (χ1v) is 11.6. The average molecular weight is 453 g/mol. The lowest BCUT2D eigenvalue weighted by atomic mass is 10.2. The predicted octanol–water partition coefficient (Wildman–Crippen LogP) is 0.989. The van der Waals surface area contributed by atoms with Gasteiger partial charge >= 0.3 is 12.0 Å². The lowest BCUT2D eigenvalue weighted by molar-refractivity contribution is -0.137. The maximum atomic E-state index is 12.7. The molecule has 0 saturated carbocycles. The molecule has 2 amide bonds. The summed E-state index contributed by atoms with van der Waals surface area (Å²) in [5.74, 6) is -0.408. The van der Waals surface area contributed by atoms with Crippen molar-refractivity contribution in [1.82, 2.24) is 13.5 Å². The van der Waals surface area contributed by atoms with E-state index in [9.17, 15) is 18.0 Å². The Morgan fingerprint density at radius 2 is 1.65 bits per heavy atom. The minimum Gasteiger partial charge on any atom is -0.463 e. The number of benzene rings is 1. The molecule has 31 heavy (non-hydrogen) atoms. The molecule has 0 radical (unpaired) electrons. The SMILES string of the molecule is CCOC(=O)/C=C/c1ccc(NC(=O)N2CCN(S(=O)(=O)N3CCOCC3)CC2)cc1. The summed E-state index contributed by atoms with van der Waals surface area (Å²) in [6, 6.07) is 6.75. The van der Waals surface area contributed by atoms with Crippen LogP contribution in [0.2, 0.25) is 0 Å². The second-order valence-electron chi connectivity index (χ2n) is 7.04. The predicted molar refractivity (Wildman–Crippen MR) is 116 cm³/mol. The van der Waals surface area contributed by atoms with Gasteiger partial charge in [-0.15, -0.1) is 0 Å². The monoisotopic (exact) mass is 452 g/mol. The normalized spacial score (nSPS) is 18.8. The number of rotatable bonds is 6. The minimum absolute atomic E-state index is 0.255. The highest BCUT2D eigenvalue weighted by molar-refractivity contribution is 7.86. The van der Waals surface area contributed by atoms with Gasteiger partial charge in [-0.2, -0.15) is 17.0 Å². The van der Waals surface area contributed by atoms with Gasteiger partial charge in [0.15, 0.2) is 0 Å². The van der Waals surface area contributed by atoms with Gasteiger partial charge in [0.25, 0.3) is 10.2 Å². The second-order valence-corrected chi connectivity index (χ2v) is 8.97. The van der Waals surface area contributed by atoms with Gasteiger partial charge < -0.3 is 19.7 Å². The highest BCUT2D eigenvalue weighted by Crippen LogP contribution is 2.16. The fourth-order valence-electron chi connectivity index (χ4n) is 3.30. The molecule has 0 spiro atoms. The van der Waals surface area contributed by atoms with Crippen LogP contribution in [-0.4, -0.2) is 93.0 Å². The summed E-state index contributed by atoms with van der Waals surface area (Å²) in [7, 11) is -3.52. The van der Waals surface area contributed by atoms with Crippen molar-refractivity contribution in [3.8, 4) is 0 Å². The zero-order valence-electron chi connectivity index (χ0n) is 17.5. The van der Waals surface area contributed by atoms with Crippen LogP contribution in [0.25, 0.3) is 6.08 Å². The summed E-state index contributed by atoms with van der Waals surface area (Å²) in [5.41, 5.74) is 1.41. The lowest BCUT2D eigenvalue weighted by Gasteiger charge is -2.37. The summed E-state index contributed by atoms with van der Waals surface area (Å²) in [6.07, 6.45) is 2.99. The molecule has 11 heteroatoms. The molecule has 2 fully saturated rings. The third-order valence-electron chi connectivity index (χ3n) is 5.01. The number of morpholine rings is 1. The van der Waals surface area contributed by atoms with Gasteiger partial charge in [-0.1, -0.05) is 12.1 Å². The summed E-state index contributed by atoms with van der Waals surface area (Å²) in [5, 5.41) is 2.82. The molecular weight excluding hydrogens is 424 g/mol. The van der Waals surface area contributed by atoms with Crippen LogP contribution in [0.4, 0.5) is 10.5 Å². The summed E-state index contributed by atoms with van der Waals surface area (Å²) in [4.78, 5) is 25.5. The Bertz CT molecular complexity index is 889. The lowest BCUT2D eigenvalue weighted by Crippen LogP contribution is -2.56. The number of urea groups is 1. The third kappa shape index (κ3) is 6.26. The molecule has 2 aliphatic heterocycles. The van der Waals surface area contributed by atoms with Crippen molar-refractivity contribution in [3.05, 3.63) is 35.9 Å². The fraction of sp³-hybridized carbons (Fsp3) is 0.500. The summed E-state index contributed by atoms with van der Waals surface area (Å²) < 4.78 is 38.3. The Balaban J connectivity index is 1.49. The van der Waals surface area contributed by atoms with Crippen molar-refractivity contribution in [2.45, 2.75) is 6.92 Å². The van der Waals surface area contributed by atoms with E-state index in [0.29, 0.717) is 51.7 Å². The van der Waals surface area contributed by atoms with E-state index in [1.54, 1.807) is 42.2 Å². The number of nitrogens with zero attached hydrogens (tertiary/aromatic N) is 3. The number of anilines is 1. The quantitative estimate of drug-likeness (QED) is 0.509. The van der Waals surface area contributed by atoms with E-state index in [4.69, 9.17) is 9.47 Å². The van der Waals surface area contributed by atoms with Crippen molar-refractivity contribution < 1.29 is 27.5 Å². The number of amides is 2. The molecular formula is C20H28N4O6S. The zero-order chi connectivity index (χ0) is 22.3. The highest BCUT2D eigenvalue weighted by atomic mass is 32.2. The Morgan fingerprint density at radius 1 is 1.03 bits per heavy atom. The van der Waals surface area contributed by atoms with Gasteiger partial charge in [0.05, 0.1) is 19.8 Å². The van der Waals surface area contributed by atoms with Crippen molar-refractivity contribution in [3.63, 3.8) is 0 Å². The molecule has 2 aliphatic rings. The van der Waals surface area contributed by atoms with E-state index in [1.807, 2.05) is 0 Å². The van der Waals surface area contributed by atoms with E-state index in [0.717, 1.165) is 5.56 Å². The number of carbonyl (C=O) groups excluding carboxylic acids is 2. The maximum absolute atomic E-state index is 12.7. The van der Waals surface area contributed by atoms with Crippen molar-refractivity contribution >= 4 is 34.0 Å². The number of hydrogen-bond acceptors (Lipinski definition) is 6. The summed E-state index contributed by atoms with van der Waals surface area (Å²) >= 11 is 0. The highest BCUT2D eigenvalue weighted by Gasteiger charge is 2.34. The van der Waals surface area contributed by atoms with Gasteiger partial charge in [0, 0.05) is 51.0 Å². The fourth-order valence-corrected chi connectivity index (χ4v) is 4.86. The van der Waals surface area contributed by atoms with Crippen LogP contribution in [0, 0.1) is 0 Å². The number of carbonyl (C=O) groups is 2. The van der Waals surface area contributed by atoms with E-state index < -0.39 is 16.2 Å². The molecule has 1 N–H and O–H groups in total. The molecule has 0 bridgehead atoms. The Morgan fingerprint density at radius 3 is 2.26 bits per heavy atom. The first-order chi connectivity index (χ1) is 14.9. The Labute approximate surface area is 182 Å². The number of piperazine rings is 1. The van der Waals surface area contributed by atoms with Crippen molar-refractivity contribution in [2.75, 3.05) is 64.4 Å². The molecule has 3 rings (SSSR count). The topological polar surface area (TPSA) is 108 Å². The van der Waals surface area contributed by atoms with Crippen LogP contribution in [0.5, 0.6) is 0 Å². The first kappa shape index (κ1) is 23.2. The number of esters is 1. The smallest absolute Gasteiger partial charge is 0.330 e. The van der Waals surface area contributed by atoms with E-state index in [2.05, 4.69) is 5.32 Å². The van der Waals surface area contributed by atoms with Gasteiger partial charge in [0.2, 0.25) is 0 Å². The van der Waals surface area contributed by atoms with Crippen LogP contribution in [0.15, 0.2) is 30.3 Å². The number of ether oxygens (including phenoxy) is 2. The zero-order valence-corrected chi connectivity index (χ0v) is 18.3. The Hall–Kier alpha value is -2.47. The van der Waals surface area contributed by atoms with Crippen molar-refractivity contribution in [1.29, 1.82) is 0 Å². The molecule has 1 aromatic rings. The van der Waals surface area contributed by atoms with E-state index >= 15 is 0 Å². The molecule has 0 aliphatic carbocycles. The van der Waals surface area contributed by atoms with Gasteiger partial charge in [-0.05, 0) is 30.7 Å². The van der Waals surface area contributed by atoms with Crippen LogP contribution in [-0.2, 0) is 24.5 Å². The molecule has 0 aromatic heterocycles. The molecule has 2 saturated heterocycles. The second kappa shape index (κ2) is 10.7. The number of hydrogen-bond donors (Lipinski definition) is 1.